The lowest BCUT2D eigenvalue weighted by Gasteiger charge is -2.31. The molecule has 7 nitrogen and oxygen atoms in total. The number of nitrogens with zero attached hydrogens (tertiary/aromatic N) is 5. The molecule has 4 heterocycles. The van der Waals surface area contributed by atoms with Gasteiger partial charge in [0.1, 0.15) is 5.82 Å². The molecule has 0 amide bonds. The maximum Gasteiger partial charge on any atom is 0.261 e. The van der Waals surface area contributed by atoms with E-state index in [1.165, 1.54) is 4.57 Å². The Bertz CT molecular complexity index is 1240. The van der Waals surface area contributed by atoms with Gasteiger partial charge in [0.05, 0.1) is 28.9 Å². The first kappa shape index (κ1) is 22.1. The third-order valence-corrected chi connectivity index (χ3v) is 7.24. The number of alkyl halides is 2. The van der Waals surface area contributed by atoms with Gasteiger partial charge in [-0.05, 0) is 38.7 Å². The van der Waals surface area contributed by atoms with Crippen molar-refractivity contribution in [3.05, 3.63) is 51.6 Å². The maximum atomic E-state index is 13.9. The van der Waals surface area contributed by atoms with Gasteiger partial charge in [-0.1, -0.05) is 0 Å². The third-order valence-electron chi connectivity index (χ3n) is 7.24. The molecule has 1 aliphatic carbocycles. The van der Waals surface area contributed by atoms with Gasteiger partial charge < -0.3 is 4.74 Å². The van der Waals surface area contributed by atoms with E-state index in [4.69, 9.17) is 9.72 Å². The average Bonchev–Trinajstić information content (AvgIpc) is 3.24. The topological polar surface area (TPSA) is 74.8 Å². The Morgan fingerprint density at radius 3 is 2.58 bits per heavy atom. The molecule has 0 aromatic carbocycles. The van der Waals surface area contributed by atoms with Gasteiger partial charge in [-0.2, -0.15) is 5.10 Å². The zero-order valence-electron chi connectivity index (χ0n) is 19.2. The van der Waals surface area contributed by atoms with E-state index in [2.05, 4.69) is 10.1 Å². The fourth-order valence-electron chi connectivity index (χ4n) is 5.14. The van der Waals surface area contributed by atoms with Gasteiger partial charge in [0.25, 0.3) is 5.56 Å². The Hall–Kier alpha value is -2.68. The quantitative estimate of drug-likeness (QED) is 0.586. The summed E-state index contributed by atoms with van der Waals surface area (Å²) in [7, 11) is 3.58. The van der Waals surface area contributed by atoms with Crippen molar-refractivity contribution < 1.29 is 13.5 Å². The van der Waals surface area contributed by atoms with Crippen LogP contribution in [0.4, 0.5) is 8.78 Å². The molecule has 0 N–H and O–H groups in total. The molecule has 1 saturated carbocycles. The number of fused-ring (bicyclic) bond motifs is 1. The summed E-state index contributed by atoms with van der Waals surface area (Å²) in [5, 5.41) is 4.77. The second-order valence-corrected chi connectivity index (χ2v) is 9.51. The van der Waals surface area contributed by atoms with Crippen molar-refractivity contribution in [1.29, 1.82) is 0 Å². The highest BCUT2D eigenvalue weighted by molar-refractivity contribution is 5.81. The number of halogens is 2. The number of aryl methyl sites for hydroxylation is 2. The number of aromatic nitrogens is 5. The molecule has 1 aliphatic heterocycles. The van der Waals surface area contributed by atoms with Crippen LogP contribution in [0.1, 0.15) is 79.2 Å². The standard InChI is InChI=1S/C24H29F2N5O2/c1-14-28-22-18(23(32)31(14)3)11-19(29-21(22)15-4-7-24(25,26)8-5-15)16-6-9-33-20(10-16)17-12-27-30(2)13-17/h11-13,15-16,20H,4-10H2,1-3H3/t16-,20-/m1/s1. The molecule has 33 heavy (non-hydrogen) atoms. The van der Waals surface area contributed by atoms with E-state index in [1.54, 1.807) is 18.7 Å². The second-order valence-electron chi connectivity index (χ2n) is 9.51. The van der Waals surface area contributed by atoms with Crippen molar-refractivity contribution >= 4 is 10.9 Å². The van der Waals surface area contributed by atoms with E-state index < -0.39 is 5.92 Å². The van der Waals surface area contributed by atoms with Crippen molar-refractivity contribution in [2.75, 3.05) is 6.61 Å². The van der Waals surface area contributed by atoms with Crippen LogP contribution < -0.4 is 5.56 Å². The van der Waals surface area contributed by atoms with Crippen LogP contribution in [0.5, 0.6) is 0 Å². The highest BCUT2D eigenvalue weighted by Crippen LogP contribution is 2.43. The molecule has 9 heteroatoms. The zero-order valence-corrected chi connectivity index (χ0v) is 19.2. The summed E-state index contributed by atoms with van der Waals surface area (Å²) in [5.74, 6) is -2.06. The highest BCUT2D eigenvalue weighted by Gasteiger charge is 2.37. The molecule has 0 radical (unpaired) electrons. The molecule has 3 aromatic rings. The van der Waals surface area contributed by atoms with E-state index in [1.807, 2.05) is 25.5 Å². The van der Waals surface area contributed by atoms with Crippen LogP contribution in [0.25, 0.3) is 10.9 Å². The highest BCUT2D eigenvalue weighted by atomic mass is 19.3. The lowest BCUT2D eigenvalue weighted by molar-refractivity contribution is -0.0384. The summed E-state index contributed by atoms with van der Waals surface area (Å²) in [5.41, 5.74) is 2.98. The van der Waals surface area contributed by atoms with Crippen LogP contribution in [0, 0.1) is 6.92 Å². The summed E-state index contributed by atoms with van der Waals surface area (Å²) in [6.45, 7) is 2.36. The number of ether oxygens (including phenoxy) is 1. The summed E-state index contributed by atoms with van der Waals surface area (Å²) in [6, 6.07) is 1.86. The summed E-state index contributed by atoms with van der Waals surface area (Å²) >= 11 is 0. The van der Waals surface area contributed by atoms with Crippen LogP contribution in [0.3, 0.4) is 0 Å². The minimum Gasteiger partial charge on any atom is -0.373 e. The molecular weight excluding hydrogens is 428 g/mol. The van der Waals surface area contributed by atoms with Gasteiger partial charge in [-0.15, -0.1) is 0 Å². The number of hydrogen-bond donors (Lipinski definition) is 0. The normalized spacial score (nSPS) is 23.8. The van der Waals surface area contributed by atoms with Crippen LogP contribution in [-0.2, 0) is 18.8 Å². The Balaban J connectivity index is 1.57. The number of rotatable bonds is 3. The van der Waals surface area contributed by atoms with Crippen LogP contribution in [-0.4, -0.2) is 36.8 Å². The van der Waals surface area contributed by atoms with Crippen LogP contribution in [0.2, 0.25) is 0 Å². The van der Waals surface area contributed by atoms with Gasteiger partial charge >= 0.3 is 0 Å². The molecule has 176 valence electrons. The molecular formula is C24H29F2N5O2. The summed E-state index contributed by atoms with van der Waals surface area (Å²) < 4.78 is 37.0. The summed E-state index contributed by atoms with van der Waals surface area (Å²) in [4.78, 5) is 22.8. The van der Waals surface area contributed by atoms with E-state index in [0.717, 1.165) is 24.1 Å². The van der Waals surface area contributed by atoms with Gasteiger partial charge in [0.15, 0.2) is 0 Å². The van der Waals surface area contributed by atoms with Crippen LogP contribution >= 0.6 is 0 Å². The first-order valence-corrected chi connectivity index (χ1v) is 11.6. The molecule has 0 spiro atoms. The van der Waals surface area contributed by atoms with Crippen molar-refractivity contribution in [3.8, 4) is 0 Å². The monoisotopic (exact) mass is 457 g/mol. The Morgan fingerprint density at radius 2 is 1.88 bits per heavy atom. The lowest BCUT2D eigenvalue weighted by atomic mass is 9.83. The zero-order chi connectivity index (χ0) is 23.3. The van der Waals surface area contributed by atoms with Gasteiger partial charge in [-0.3, -0.25) is 19.0 Å². The largest absolute Gasteiger partial charge is 0.373 e. The fourth-order valence-corrected chi connectivity index (χ4v) is 5.14. The van der Waals surface area contributed by atoms with Gasteiger partial charge in [0, 0.05) is 62.8 Å². The number of pyridine rings is 1. The predicted octanol–water partition coefficient (Wildman–Crippen LogP) is 4.30. The van der Waals surface area contributed by atoms with E-state index in [-0.39, 0.29) is 36.3 Å². The minimum atomic E-state index is -2.62. The third kappa shape index (κ3) is 4.18. The molecule has 0 unspecified atom stereocenters. The lowest BCUT2D eigenvalue weighted by Crippen LogP contribution is -2.27. The van der Waals surface area contributed by atoms with E-state index in [0.29, 0.717) is 41.9 Å². The minimum absolute atomic E-state index is 0.0919. The fraction of sp³-hybridized carbons (Fsp3) is 0.583. The SMILES string of the molecule is Cc1nc2c(C3CCC(F)(F)CC3)nc([C@@H]3CCO[C@@H](c4cnn(C)c4)C3)cc2c(=O)n1C. The maximum absolute atomic E-state index is 13.9. The molecule has 2 atom stereocenters. The number of hydrogen-bond acceptors (Lipinski definition) is 5. The van der Waals surface area contributed by atoms with Gasteiger partial charge in [-0.25, -0.2) is 13.8 Å². The first-order valence-electron chi connectivity index (χ1n) is 11.6. The molecule has 2 fully saturated rings. The van der Waals surface area contributed by atoms with Crippen molar-refractivity contribution in [3.63, 3.8) is 0 Å². The first-order chi connectivity index (χ1) is 15.7. The van der Waals surface area contributed by atoms with Gasteiger partial charge in [0.2, 0.25) is 5.92 Å². The summed E-state index contributed by atoms with van der Waals surface area (Å²) in [6.07, 6.45) is 5.58. The van der Waals surface area contributed by atoms with E-state index >= 15 is 0 Å². The van der Waals surface area contributed by atoms with E-state index in [9.17, 15) is 13.6 Å². The molecule has 1 saturated heterocycles. The molecule has 3 aromatic heterocycles. The smallest absolute Gasteiger partial charge is 0.261 e. The second kappa shape index (κ2) is 8.27. The molecule has 5 rings (SSSR count). The Labute approximate surface area is 190 Å². The molecule has 2 aliphatic rings. The molecule has 0 bridgehead atoms. The van der Waals surface area contributed by atoms with Crippen molar-refractivity contribution in [2.24, 2.45) is 14.1 Å². The van der Waals surface area contributed by atoms with Crippen molar-refractivity contribution in [1.82, 2.24) is 24.3 Å². The Kier molecular flexibility index (Phi) is 5.55. The van der Waals surface area contributed by atoms with Crippen LogP contribution in [0.15, 0.2) is 23.3 Å². The predicted molar refractivity (Wildman–Crippen MR) is 120 cm³/mol. The van der Waals surface area contributed by atoms with Crippen molar-refractivity contribution in [2.45, 2.75) is 69.3 Å². The Morgan fingerprint density at radius 1 is 1.12 bits per heavy atom. The average molecular weight is 458 g/mol.